The SMILES string of the molecule is CCCN1Cc2ccccc2C1C(=O)NC1CCC(=O)NC1=O. The summed E-state index contributed by atoms with van der Waals surface area (Å²) in [5.41, 5.74) is 2.16. The summed E-state index contributed by atoms with van der Waals surface area (Å²) in [7, 11) is 0. The van der Waals surface area contributed by atoms with E-state index in [9.17, 15) is 14.4 Å². The third-order valence-corrected chi connectivity index (χ3v) is 4.40. The van der Waals surface area contributed by atoms with Gasteiger partial charge in [0.1, 0.15) is 12.1 Å². The molecule has 0 spiro atoms. The van der Waals surface area contributed by atoms with Gasteiger partial charge in [-0.1, -0.05) is 31.2 Å². The molecule has 6 nitrogen and oxygen atoms in total. The summed E-state index contributed by atoms with van der Waals surface area (Å²) in [5, 5.41) is 5.09. The lowest BCUT2D eigenvalue weighted by molar-refractivity contribution is -0.138. The molecule has 2 aliphatic rings. The highest BCUT2D eigenvalue weighted by molar-refractivity contribution is 6.02. The first kappa shape index (κ1) is 15.7. The van der Waals surface area contributed by atoms with Crippen molar-refractivity contribution in [3.8, 4) is 0 Å². The van der Waals surface area contributed by atoms with Crippen LogP contribution in [0.5, 0.6) is 0 Å². The van der Waals surface area contributed by atoms with Gasteiger partial charge in [0.15, 0.2) is 0 Å². The largest absolute Gasteiger partial charge is 0.343 e. The molecule has 0 saturated carbocycles. The van der Waals surface area contributed by atoms with E-state index in [0.29, 0.717) is 6.42 Å². The first-order valence-corrected chi connectivity index (χ1v) is 8.06. The Hall–Kier alpha value is -2.21. The molecule has 6 heteroatoms. The van der Waals surface area contributed by atoms with Gasteiger partial charge in [0.05, 0.1) is 0 Å². The van der Waals surface area contributed by atoms with Crippen LogP contribution in [0.4, 0.5) is 0 Å². The van der Waals surface area contributed by atoms with E-state index < -0.39 is 11.9 Å². The number of rotatable bonds is 4. The fourth-order valence-corrected chi connectivity index (χ4v) is 3.34. The number of carbonyl (C=O) groups excluding carboxylic acids is 3. The number of imide groups is 1. The van der Waals surface area contributed by atoms with E-state index >= 15 is 0 Å². The number of fused-ring (bicyclic) bond motifs is 1. The molecular weight excluding hydrogens is 294 g/mol. The molecule has 0 radical (unpaired) electrons. The number of benzene rings is 1. The van der Waals surface area contributed by atoms with Crippen molar-refractivity contribution in [1.29, 1.82) is 0 Å². The number of hydrogen-bond acceptors (Lipinski definition) is 4. The molecular formula is C17H21N3O3. The molecule has 0 aliphatic carbocycles. The molecule has 2 aliphatic heterocycles. The Kier molecular flexibility index (Phi) is 4.43. The lowest BCUT2D eigenvalue weighted by atomic mass is 10.0. The molecule has 122 valence electrons. The van der Waals surface area contributed by atoms with Crippen LogP contribution < -0.4 is 10.6 Å². The minimum Gasteiger partial charge on any atom is -0.343 e. The molecule has 1 saturated heterocycles. The summed E-state index contributed by atoms with van der Waals surface area (Å²) in [6.45, 7) is 3.65. The van der Waals surface area contributed by atoms with Crippen LogP contribution in [0, 0.1) is 0 Å². The molecule has 1 aromatic rings. The summed E-state index contributed by atoms with van der Waals surface area (Å²) >= 11 is 0. The molecule has 2 N–H and O–H groups in total. The van der Waals surface area contributed by atoms with Crippen LogP contribution in [-0.4, -0.2) is 35.2 Å². The topological polar surface area (TPSA) is 78.5 Å². The predicted octanol–water partition coefficient (Wildman–Crippen LogP) is 0.875. The Balaban J connectivity index is 1.76. The van der Waals surface area contributed by atoms with Crippen molar-refractivity contribution in [3.05, 3.63) is 35.4 Å². The number of nitrogens with zero attached hydrogens (tertiary/aromatic N) is 1. The molecule has 3 amide bonds. The van der Waals surface area contributed by atoms with E-state index in [-0.39, 0.29) is 24.3 Å². The maximum absolute atomic E-state index is 12.8. The molecule has 3 rings (SSSR count). The van der Waals surface area contributed by atoms with E-state index in [2.05, 4.69) is 22.5 Å². The van der Waals surface area contributed by atoms with Crippen LogP contribution in [0.3, 0.4) is 0 Å². The summed E-state index contributed by atoms with van der Waals surface area (Å²) in [6, 6.07) is 6.93. The van der Waals surface area contributed by atoms with Crippen molar-refractivity contribution < 1.29 is 14.4 Å². The van der Waals surface area contributed by atoms with Crippen LogP contribution in [0.25, 0.3) is 0 Å². The second kappa shape index (κ2) is 6.50. The lowest BCUT2D eigenvalue weighted by Crippen LogP contribution is -2.54. The van der Waals surface area contributed by atoms with E-state index in [1.54, 1.807) is 0 Å². The Labute approximate surface area is 135 Å². The second-order valence-electron chi connectivity index (χ2n) is 6.08. The fraction of sp³-hybridized carbons (Fsp3) is 0.471. The van der Waals surface area contributed by atoms with E-state index in [0.717, 1.165) is 30.6 Å². The molecule has 2 heterocycles. The van der Waals surface area contributed by atoms with Crippen LogP contribution in [0.1, 0.15) is 43.4 Å². The highest BCUT2D eigenvalue weighted by Gasteiger charge is 2.37. The van der Waals surface area contributed by atoms with Crippen molar-refractivity contribution in [2.45, 2.75) is 44.8 Å². The van der Waals surface area contributed by atoms with Crippen LogP contribution >= 0.6 is 0 Å². The molecule has 2 atom stereocenters. The second-order valence-corrected chi connectivity index (χ2v) is 6.08. The van der Waals surface area contributed by atoms with E-state index in [1.165, 1.54) is 0 Å². The molecule has 2 unspecified atom stereocenters. The van der Waals surface area contributed by atoms with Crippen LogP contribution in [0.15, 0.2) is 24.3 Å². The Bertz CT molecular complexity index is 644. The normalized spacial score (nSPS) is 24.2. The highest BCUT2D eigenvalue weighted by atomic mass is 16.2. The zero-order chi connectivity index (χ0) is 16.4. The summed E-state index contributed by atoms with van der Waals surface area (Å²) in [4.78, 5) is 38.0. The van der Waals surface area contributed by atoms with Crippen molar-refractivity contribution in [3.63, 3.8) is 0 Å². The van der Waals surface area contributed by atoms with Gasteiger partial charge in [0.25, 0.3) is 0 Å². The summed E-state index contributed by atoms with van der Waals surface area (Å²) in [5.74, 6) is -0.861. The molecule has 0 aromatic heterocycles. The van der Waals surface area contributed by atoms with Gasteiger partial charge < -0.3 is 5.32 Å². The number of nitrogens with one attached hydrogen (secondary N) is 2. The van der Waals surface area contributed by atoms with Crippen molar-refractivity contribution in [1.82, 2.24) is 15.5 Å². The summed E-state index contributed by atoms with van der Waals surface area (Å²) < 4.78 is 0. The minimum absolute atomic E-state index is 0.169. The van der Waals surface area contributed by atoms with Crippen molar-refractivity contribution in [2.24, 2.45) is 0 Å². The average molecular weight is 315 g/mol. The van der Waals surface area contributed by atoms with Gasteiger partial charge in [-0.3, -0.25) is 24.6 Å². The van der Waals surface area contributed by atoms with Gasteiger partial charge in [0.2, 0.25) is 17.7 Å². The number of piperidine rings is 1. The fourth-order valence-electron chi connectivity index (χ4n) is 3.34. The summed E-state index contributed by atoms with van der Waals surface area (Å²) in [6.07, 6.45) is 1.57. The quantitative estimate of drug-likeness (QED) is 0.808. The zero-order valence-corrected chi connectivity index (χ0v) is 13.2. The van der Waals surface area contributed by atoms with E-state index in [1.807, 2.05) is 24.3 Å². The first-order valence-electron chi connectivity index (χ1n) is 8.06. The predicted molar refractivity (Wildman–Crippen MR) is 84.2 cm³/mol. The lowest BCUT2D eigenvalue weighted by Gasteiger charge is -2.27. The maximum Gasteiger partial charge on any atom is 0.249 e. The van der Waals surface area contributed by atoms with Gasteiger partial charge in [-0.15, -0.1) is 0 Å². The first-order chi connectivity index (χ1) is 11.1. The number of carbonyl (C=O) groups is 3. The molecule has 23 heavy (non-hydrogen) atoms. The Morgan fingerprint density at radius 2 is 2.13 bits per heavy atom. The highest BCUT2D eigenvalue weighted by Crippen LogP contribution is 2.33. The van der Waals surface area contributed by atoms with Crippen LogP contribution in [-0.2, 0) is 20.9 Å². The minimum atomic E-state index is -0.628. The van der Waals surface area contributed by atoms with Crippen molar-refractivity contribution in [2.75, 3.05) is 6.54 Å². The van der Waals surface area contributed by atoms with Gasteiger partial charge in [0, 0.05) is 13.0 Å². The maximum atomic E-state index is 12.8. The van der Waals surface area contributed by atoms with Crippen molar-refractivity contribution >= 4 is 17.7 Å². The number of amides is 3. The van der Waals surface area contributed by atoms with Gasteiger partial charge in [-0.05, 0) is 30.5 Å². The Morgan fingerprint density at radius 1 is 1.35 bits per heavy atom. The molecule has 1 fully saturated rings. The standard InChI is InChI=1S/C17H21N3O3/c1-2-9-20-10-11-5-3-4-6-12(11)15(20)17(23)18-13-7-8-14(21)19-16(13)22/h3-6,13,15H,2,7-10H2,1H3,(H,18,23)(H,19,21,22). The van der Waals surface area contributed by atoms with Gasteiger partial charge in [-0.25, -0.2) is 0 Å². The van der Waals surface area contributed by atoms with Gasteiger partial charge >= 0.3 is 0 Å². The number of hydrogen-bond donors (Lipinski definition) is 2. The van der Waals surface area contributed by atoms with E-state index in [4.69, 9.17) is 0 Å². The zero-order valence-electron chi connectivity index (χ0n) is 13.2. The smallest absolute Gasteiger partial charge is 0.249 e. The average Bonchev–Trinajstić information content (AvgIpc) is 2.88. The monoisotopic (exact) mass is 315 g/mol. The third-order valence-electron chi connectivity index (χ3n) is 4.40. The third kappa shape index (κ3) is 3.12. The van der Waals surface area contributed by atoms with Gasteiger partial charge in [-0.2, -0.15) is 0 Å². The molecule has 0 bridgehead atoms. The molecule has 1 aromatic carbocycles. The Morgan fingerprint density at radius 3 is 2.87 bits per heavy atom. The van der Waals surface area contributed by atoms with Crippen LogP contribution in [0.2, 0.25) is 0 Å².